The van der Waals surface area contributed by atoms with Gasteiger partial charge in [0, 0.05) is 22.7 Å². The lowest BCUT2D eigenvalue weighted by molar-refractivity contribution is -0.111. The molecule has 1 amide bonds. The van der Waals surface area contributed by atoms with E-state index in [1.165, 1.54) is 6.08 Å². The molecular weight excluding hydrogens is 456 g/mol. The monoisotopic (exact) mass is 482 g/mol. The van der Waals surface area contributed by atoms with Crippen LogP contribution in [0.3, 0.4) is 0 Å². The number of carbonyl (C=O) groups excluding carboxylic acids is 1. The number of anilines is 1. The first kappa shape index (κ1) is 23.2. The molecule has 1 aliphatic carbocycles. The van der Waals surface area contributed by atoms with E-state index < -0.39 is 9.84 Å². The van der Waals surface area contributed by atoms with Crippen LogP contribution >= 0.6 is 11.3 Å². The van der Waals surface area contributed by atoms with Crippen molar-refractivity contribution in [3.63, 3.8) is 0 Å². The molecule has 1 heterocycles. The number of thiazole rings is 1. The van der Waals surface area contributed by atoms with Gasteiger partial charge in [0.1, 0.15) is 12.4 Å². The Bertz CT molecular complexity index is 1240. The third-order valence-electron chi connectivity index (χ3n) is 5.57. The fraction of sp³-hybridized carbons (Fsp3) is 0.280. The van der Waals surface area contributed by atoms with Gasteiger partial charge in [0.2, 0.25) is 5.91 Å². The van der Waals surface area contributed by atoms with Crippen molar-refractivity contribution in [2.24, 2.45) is 0 Å². The molecule has 0 aliphatic heterocycles. The number of para-hydroxylation sites is 1. The summed E-state index contributed by atoms with van der Waals surface area (Å²) in [6.45, 7) is 2.31. The Balaban J connectivity index is 1.37. The molecule has 0 spiro atoms. The van der Waals surface area contributed by atoms with Gasteiger partial charge in [-0.1, -0.05) is 31.0 Å². The molecule has 1 aromatic heterocycles. The van der Waals surface area contributed by atoms with Gasteiger partial charge >= 0.3 is 0 Å². The minimum Gasteiger partial charge on any atom is -0.487 e. The molecule has 0 unspecified atom stereocenters. The van der Waals surface area contributed by atoms with Gasteiger partial charge < -0.3 is 10.1 Å². The largest absolute Gasteiger partial charge is 0.487 e. The number of rotatable bonds is 8. The van der Waals surface area contributed by atoms with Gasteiger partial charge in [-0.2, -0.15) is 0 Å². The summed E-state index contributed by atoms with van der Waals surface area (Å²) in [6, 6.07) is 13.9. The van der Waals surface area contributed by atoms with Crippen molar-refractivity contribution in [1.29, 1.82) is 0 Å². The molecule has 1 fully saturated rings. The number of benzene rings is 2. The number of nitrogens with one attached hydrogen (secondary N) is 1. The molecule has 0 saturated heterocycles. The third-order valence-corrected chi connectivity index (χ3v) is 8.67. The summed E-state index contributed by atoms with van der Waals surface area (Å²) >= 11 is 1.58. The molecule has 2 aromatic carbocycles. The smallest absolute Gasteiger partial charge is 0.248 e. The van der Waals surface area contributed by atoms with Crippen LogP contribution in [-0.2, 0) is 21.2 Å². The molecule has 33 heavy (non-hydrogen) atoms. The molecule has 172 valence electrons. The third kappa shape index (κ3) is 5.89. The van der Waals surface area contributed by atoms with E-state index >= 15 is 0 Å². The summed E-state index contributed by atoms with van der Waals surface area (Å²) in [5.41, 5.74) is 2.18. The molecule has 1 N–H and O–H groups in total. The zero-order valence-corrected chi connectivity index (χ0v) is 20.0. The van der Waals surface area contributed by atoms with Crippen LogP contribution in [0.15, 0.2) is 64.9 Å². The number of aromatic nitrogens is 1. The van der Waals surface area contributed by atoms with Crippen molar-refractivity contribution in [2.75, 3.05) is 5.32 Å². The number of ether oxygens (including phenoxy) is 1. The van der Waals surface area contributed by atoms with Gasteiger partial charge in [0.25, 0.3) is 0 Å². The highest BCUT2D eigenvalue weighted by molar-refractivity contribution is 7.92. The van der Waals surface area contributed by atoms with Crippen LogP contribution in [0.5, 0.6) is 5.75 Å². The van der Waals surface area contributed by atoms with Gasteiger partial charge in [0.15, 0.2) is 9.84 Å². The second kappa shape index (κ2) is 10.3. The Hall–Kier alpha value is -2.97. The zero-order chi connectivity index (χ0) is 23.3. The lowest BCUT2D eigenvalue weighted by atomic mass is 10.2. The number of aryl methyl sites for hydroxylation is 1. The number of hydrogen-bond acceptors (Lipinski definition) is 6. The molecule has 6 nitrogen and oxygen atoms in total. The molecule has 0 bridgehead atoms. The second-order valence-corrected chi connectivity index (χ2v) is 11.3. The predicted molar refractivity (Wildman–Crippen MR) is 131 cm³/mol. The Labute approximate surface area is 198 Å². The quantitative estimate of drug-likeness (QED) is 0.435. The Morgan fingerprint density at radius 1 is 1.15 bits per heavy atom. The average Bonchev–Trinajstić information content (AvgIpc) is 3.50. The van der Waals surface area contributed by atoms with Crippen LogP contribution in [-0.4, -0.2) is 24.6 Å². The van der Waals surface area contributed by atoms with E-state index in [9.17, 15) is 13.2 Å². The summed E-state index contributed by atoms with van der Waals surface area (Å²) in [5, 5.41) is 5.43. The summed E-state index contributed by atoms with van der Waals surface area (Å²) in [6.07, 6.45) is 6.49. The highest BCUT2D eigenvalue weighted by Gasteiger charge is 2.30. The van der Waals surface area contributed by atoms with Crippen molar-refractivity contribution < 1.29 is 17.9 Å². The molecule has 0 atom stereocenters. The highest BCUT2D eigenvalue weighted by atomic mass is 32.2. The summed E-state index contributed by atoms with van der Waals surface area (Å²) in [7, 11) is -3.30. The molecule has 0 radical (unpaired) electrons. The molecular formula is C25H26N2O4S2. The fourth-order valence-electron chi connectivity index (χ4n) is 3.84. The van der Waals surface area contributed by atoms with Gasteiger partial charge in [-0.25, -0.2) is 13.4 Å². The first-order valence-corrected chi connectivity index (χ1v) is 13.3. The first-order chi connectivity index (χ1) is 15.9. The van der Waals surface area contributed by atoms with E-state index in [0.717, 1.165) is 41.9 Å². The lowest BCUT2D eigenvalue weighted by Crippen LogP contribution is -2.17. The maximum Gasteiger partial charge on any atom is 0.248 e. The van der Waals surface area contributed by atoms with Gasteiger partial charge in [-0.3, -0.25) is 4.79 Å². The molecule has 8 heteroatoms. The number of sulfone groups is 1. The van der Waals surface area contributed by atoms with Crippen LogP contribution in [0.1, 0.15) is 41.9 Å². The normalized spacial score (nSPS) is 14.6. The number of nitrogens with zero attached hydrogens (tertiary/aromatic N) is 1. The molecule has 1 saturated carbocycles. The summed E-state index contributed by atoms with van der Waals surface area (Å²) in [4.78, 5) is 17.1. The summed E-state index contributed by atoms with van der Waals surface area (Å²) < 4.78 is 31.3. The van der Waals surface area contributed by atoms with Gasteiger partial charge in [-0.05, 0) is 56.2 Å². The van der Waals surface area contributed by atoms with E-state index in [2.05, 4.69) is 10.3 Å². The summed E-state index contributed by atoms with van der Waals surface area (Å²) in [5.74, 6) is 0.347. The van der Waals surface area contributed by atoms with Crippen molar-refractivity contribution in [3.05, 3.63) is 76.3 Å². The van der Waals surface area contributed by atoms with E-state index in [-0.39, 0.29) is 11.2 Å². The second-order valence-electron chi connectivity index (χ2n) is 7.98. The Kier molecular flexibility index (Phi) is 7.25. The number of amides is 1. The van der Waals surface area contributed by atoms with E-state index in [4.69, 9.17) is 4.74 Å². The van der Waals surface area contributed by atoms with Gasteiger partial charge in [0.05, 0.1) is 20.8 Å². The topological polar surface area (TPSA) is 85.4 Å². The molecule has 3 aromatic rings. The van der Waals surface area contributed by atoms with Crippen LogP contribution in [0, 0.1) is 6.92 Å². The van der Waals surface area contributed by atoms with Crippen LogP contribution in [0.2, 0.25) is 0 Å². The highest BCUT2D eigenvalue weighted by Crippen LogP contribution is 2.30. The van der Waals surface area contributed by atoms with Gasteiger partial charge in [-0.15, -0.1) is 11.3 Å². The fourth-order valence-corrected chi connectivity index (χ4v) is 6.30. The standard InChI is InChI=1S/C25H26N2O4S2/c1-18-26-21(17-32-18)16-31-24-9-5-2-6-19(24)10-15-25(28)27-20-11-13-23(14-12-20)33(29,30)22-7-3-4-8-22/h2,5-6,9-15,17,22H,3-4,7-8,16H2,1H3,(H,27,28)/b15-10+. The van der Waals surface area contributed by atoms with E-state index in [1.807, 2.05) is 36.6 Å². The number of hydrogen-bond donors (Lipinski definition) is 1. The maximum absolute atomic E-state index is 12.7. The lowest BCUT2D eigenvalue weighted by Gasteiger charge is -2.11. The van der Waals surface area contributed by atoms with Crippen molar-refractivity contribution in [1.82, 2.24) is 4.98 Å². The van der Waals surface area contributed by atoms with Crippen LogP contribution < -0.4 is 10.1 Å². The van der Waals surface area contributed by atoms with Crippen molar-refractivity contribution in [2.45, 2.75) is 49.4 Å². The minimum atomic E-state index is -3.30. The SMILES string of the molecule is Cc1nc(COc2ccccc2/C=C/C(=O)Nc2ccc(S(=O)(=O)C3CCCC3)cc2)cs1. The van der Waals surface area contributed by atoms with Crippen LogP contribution in [0.4, 0.5) is 5.69 Å². The minimum absolute atomic E-state index is 0.289. The first-order valence-electron chi connectivity index (χ1n) is 10.9. The van der Waals surface area contributed by atoms with E-state index in [1.54, 1.807) is 41.7 Å². The average molecular weight is 483 g/mol. The predicted octanol–water partition coefficient (Wildman–Crippen LogP) is 5.40. The van der Waals surface area contributed by atoms with Crippen LogP contribution in [0.25, 0.3) is 6.08 Å². The van der Waals surface area contributed by atoms with Crippen molar-refractivity contribution in [3.8, 4) is 5.75 Å². The zero-order valence-electron chi connectivity index (χ0n) is 18.4. The molecule has 4 rings (SSSR count). The maximum atomic E-state index is 12.7. The van der Waals surface area contributed by atoms with E-state index in [0.29, 0.717) is 22.9 Å². The molecule has 1 aliphatic rings. The Morgan fingerprint density at radius 3 is 2.58 bits per heavy atom. The number of carbonyl (C=O) groups is 1. The van der Waals surface area contributed by atoms with Crippen molar-refractivity contribution >= 4 is 38.8 Å². The Morgan fingerprint density at radius 2 is 1.88 bits per heavy atom.